The molecule has 3 aromatic rings. The Kier molecular flexibility index (Phi) is 8.14. The quantitative estimate of drug-likeness (QED) is 0.470. The lowest BCUT2D eigenvalue weighted by Gasteiger charge is -2.22. The molecule has 0 aliphatic carbocycles. The molecule has 8 nitrogen and oxygen atoms in total. The third kappa shape index (κ3) is 5.86. The number of amides is 1. The fourth-order valence-corrected chi connectivity index (χ4v) is 4.92. The van der Waals surface area contributed by atoms with E-state index < -0.39 is 15.9 Å². The number of anilines is 1. The minimum absolute atomic E-state index is 0.0353. The summed E-state index contributed by atoms with van der Waals surface area (Å²) < 4.78 is 43.9. The largest absolute Gasteiger partial charge is 0.496 e. The molecule has 0 bridgehead atoms. The van der Waals surface area contributed by atoms with E-state index in [0.717, 1.165) is 9.87 Å². The number of methoxy groups -OCH3 is 3. The third-order valence-electron chi connectivity index (χ3n) is 5.19. The van der Waals surface area contributed by atoms with Gasteiger partial charge in [-0.3, -0.25) is 4.79 Å². The topological polar surface area (TPSA) is 94.2 Å². The van der Waals surface area contributed by atoms with E-state index in [1.54, 1.807) is 37.3 Å². The van der Waals surface area contributed by atoms with Gasteiger partial charge in [0.1, 0.15) is 5.75 Å². The summed E-state index contributed by atoms with van der Waals surface area (Å²) in [6, 6.07) is 18.7. The maximum absolute atomic E-state index is 13.5. The fraction of sp³-hybridized carbons (Fsp3) is 0.240. The van der Waals surface area contributed by atoms with Crippen molar-refractivity contribution in [3.05, 3.63) is 77.9 Å². The van der Waals surface area contributed by atoms with E-state index in [1.807, 2.05) is 30.3 Å². The monoisotopic (exact) mass is 484 g/mol. The number of nitrogens with zero attached hydrogens (tertiary/aromatic N) is 1. The zero-order valence-corrected chi connectivity index (χ0v) is 20.4. The minimum Gasteiger partial charge on any atom is -0.496 e. The van der Waals surface area contributed by atoms with Crippen molar-refractivity contribution in [2.75, 3.05) is 33.2 Å². The van der Waals surface area contributed by atoms with Crippen LogP contribution in [0.3, 0.4) is 0 Å². The number of carbonyl (C=O) groups is 1. The Bertz CT molecular complexity index is 1250. The van der Waals surface area contributed by atoms with Crippen LogP contribution in [0, 0.1) is 6.92 Å². The Hall–Kier alpha value is -3.56. The van der Waals surface area contributed by atoms with Crippen molar-refractivity contribution < 1.29 is 27.4 Å². The average molecular weight is 485 g/mol. The van der Waals surface area contributed by atoms with Crippen LogP contribution in [0.15, 0.2) is 71.6 Å². The lowest BCUT2D eigenvalue weighted by atomic mass is 10.2. The number of nitrogens with one attached hydrogen (secondary N) is 1. The van der Waals surface area contributed by atoms with Crippen molar-refractivity contribution >= 4 is 21.6 Å². The second-order valence-electron chi connectivity index (χ2n) is 7.51. The first-order chi connectivity index (χ1) is 16.3. The molecule has 34 heavy (non-hydrogen) atoms. The maximum Gasteiger partial charge on any atom is 0.243 e. The molecule has 0 saturated heterocycles. The van der Waals surface area contributed by atoms with Crippen LogP contribution >= 0.6 is 0 Å². The Balaban J connectivity index is 1.88. The van der Waals surface area contributed by atoms with E-state index in [2.05, 4.69) is 5.32 Å². The van der Waals surface area contributed by atoms with Gasteiger partial charge in [-0.05, 0) is 48.4 Å². The Morgan fingerprint density at radius 3 is 2.12 bits per heavy atom. The summed E-state index contributed by atoms with van der Waals surface area (Å²) in [5.74, 6) is 1.06. The number of carbonyl (C=O) groups excluding carboxylic acids is 1. The first-order valence-corrected chi connectivity index (χ1v) is 11.9. The van der Waals surface area contributed by atoms with Crippen LogP contribution in [-0.4, -0.2) is 46.5 Å². The molecule has 0 atom stereocenters. The van der Waals surface area contributed by atoms with Gasteiger partial charge in [0.05, 0.1) is 32.8 Å². The van der Waals surface area contributed by atoms with Gasteiger partial charge < -0.3 is 19.5 Å². The van der Waals surface area contributed by atoms with Crippen molar-refractivity contribution in [3.63, 3.8) is 0 Å². The second-order valence-corrected chi connectivity index (χ2v) is 9.45. The Labute approximate surface area is 200 Å². The molecular formula is C25H28N2O6S. The van der Waals surface area contributed by atoms with E-state index >= 15 is 0 Å². The SMILES string of the molecule is COc1ccc(S(=O)(=O)N(CC(=O)Nc2ccc(OC)c(OC)c2)Cc2ccccc2)cc1C. The molecule has 0 aliphatic rings. The van der Waals surface area contributed by atoms with Crippen molar-refractivity contribution in [2.24, 2.45) is 0 Å². The summed E-state index contributed by atoms with van der Waals surface area (Å²) in [7, 11) is 0.551. The summed E-state index contributed by atoms with van der Waals surface area (Å²) >= 11 is 0. The number of sulfonamides is 1. The van der Waals surface area contributed by atoms with Gasteiger partial charge in [-0.25, -0.2) is 8.42 Å². The van der Waals surface area contributed by atoms with Crippen LogP contribution in [0.5, 0.6) is 17.2 Å². The van der Waals surface area contributed by atoms with E-state index in [-0.39, 0.29) is 18.0 Å². The van der Waals surface area contributed by atoms with Crippen molar-refractivity contribution in [3.8, 4) is 17.2 Å². The van der Waals surface area contributed by atoms with Crippen LogP contribution in [0.2, 0.25) is 0 Å². The molecule has 3 rings (SSSR count). The first-order valence-electron chi connectivity index (χ1n) is 10.5. The van der Waals surface area contributed by atoms with Gasteiger partial charge in [0.15, 0.2) is 11.5 Å². The van der Waals surface area contributed by atoms with Gasteiger partial charge in [-0.2, -0.15) is 4.31 Å². The second kappa shape index (κ2) is 11.0. The van der Waals surface area contributed by atoms with Gasteiger partial charge in [-0.15, -0.1) is 0 Å². The average Bonchev–Trinajstić information content (AvgIpc) is 2.84. The molecule has 1 N–H and O–H groups in total. The number of ether oxygens (including phenoxy) is 3. The molecular weight excluding hydrogens is 456 g/mol. The summed E-state index contributed by atoms with van der Waals surface area (Å²) in [6.07, 6.45) is 0. The number of benzene rings is 3. The maximum atomic E-state index is 13.5. The summed E-state index contributed by atoms with van der Waals surface area (Å²) in [5.41, 5.74) is 1.90. The lowest BCUT2D eigenvalue weighted by molar-refractivity contribution is -0.116. The molecule has 0 heterocycles. The smallest absolute Gasteiger partial charge is 0.243 e. The molecule has 180 valence electrons. The highest BCUT2D eigenvalue weighted by atomic mass is 32.2. The number of hydrogen-bond donors (Lipinski definition) is 1. The zero-order chi connectivity index (χ0) is 24.7. The molecule has 3 aromatic carbocycles. The standard InChI is InChI=1S/C25H28N2O6S/c1-18-14-21(11-13-22(18)31-2)34(29,30)27(16-19-8-6-5-7-9-19)17-25(28)26-20-10-12-23(32-3)24(15-20)33-4/h5-15H,16-17H2,1-4H3,(H,26,28). The van der Waals surface area contributed by atoms with Crippen LogP contribution in [-0.2, 0) is 21.4 Å². The lowest BCUT2D eigenvalue weighted by Crippen LogP contribution is -2.37. The van der Waals surface area contributed by atoms with Gasteiger partial charge in [-0.1, -0.05) is 30.3 Å². The molecule has 0 aromatic heterocycles. The van der Waals surface area contributed by atoms with E-state index in [9.17, 15) is 13.2 Å². The summed E-state index contributed by atoms with van der Waals surface area (Å²) in [5, 5.41) is 2.74. The van der Waals surface area contributed by atoms with Gasteiger partial charge >= 0.3 is 0 Å². The number of rotatable bonds is 10. The zero-order valence-electron chi connectivity index (χ0n) is 19.6. The molecule has 0 fully saturated rings. The minimum atomic E-state index is -3.99. The first kappa shape index (κ1) is 25.1. The molecule has 1 amide bonds. The Morgan fingerprint density at radius 1 is 0.853 bits per heavy atom. The molecule has 0 spiro atoms. The predicted molar refractivity (Wildman–Crippen MR) is 130 cm³/mol. The van der Waals surface area contributed by atoms with Crippen molar-refractivity contribution in [2.45, 2.75) is 18.4 Å². The number of aryl methyl sites for hydroxylation is 1. The van der Waals surface area contributed by atoms with Gasteiger partial charge in [0, 0.05) is 18.3 Å². The molecule has 9 heteroatoms. The van der Waals surface area contributed by atoms with E-state index in [4.69, 9.17) is 14.2 Å². The normalized spacial score (nSPS) is 11.2. The highest BCUT2D eigenvalue weighted by molar-refractivity contribution is 7.89. The molecule has 0 saturated carbocycles. The van der Waals surface area contributed by atoms with E-state index in [0.29, 0.717) is 28.5 Å². The van der Waals surface area contributed by atoms with Crippen LogP contribution in [0.4, 0.5) is 5.69 Å². The Morgan fingerprint density at radius 2 is 1.50 bits per heavy atom. The van der Waals surface area contributed by atoms with Gasteiger partial charge in [0.2, 0.25) is 15.9 Å². The van der Waals surface area contributed by atoms with Crippen molar-refractivity contribution in [1.82, 2.24) is 4.31 Å². The molecule has 0 unspecified atom stereocenters. The van der Waals surface area contributed by atoms with Crippen molar-refractivity contribution in [1.29, 1.82) is 0 Å². The van der Waals surface area contributed by atoms with Crippen LogP contribution in [0.1, 0.15) is 11.1 Å². The van der Waals surface area contributed by atoms with Crippen LogP contribution < -0.4 is 19.5 Å². The van der Waals surface area contributed by atoms with Gasteiger partial charge in [0.25, 0.3) is 0 Å². The highest BCUT2D eigenvalue weighted by Crippen LogP contribution is 2.30. The summed E-state index contributed by atoms with van der Waals surface area (Å²) in [6.45, 7) is 1.42. The van der Waals surface area contributed by atoms with Crippen LogP contribution in [0.25, 0.3) is 0 Å². The predicted octanol–water partition coefficient (Wildman–Crippen LogP) is 3.85. The highest BCUT2D eigenvalue weighted by Gasteiger charge is 2.27. The summed E-state index contributed by atoms with van der Waals surface area (Å²) in [4.78, 5) is 13.0. The number of hydrogen-bond acceptors (Lipinski definition) is 6. The molecule has 0 aliphatic heterocycles. The third-order valence-corrected chi connectivity index (χ3v) is 6.98. The molecule has 0 radical (unpaired) electrons. The van der Waals surface area contributed by atoms with E-state index in [1.165, 1.54) is 27.4 Å². The fourth-order valence-electron chi connectivity index (χ4n) is 3.45.